The van der Waals surface area contributed by atoms with Crippen LogP contribution in [0.5, 0.6) is 0 Å². The molecule has 1 aliphatic heterocycles. The maximum absolute atomic E-state index is 13.7. The van der Waals surface area contributed by atoms with Crippen LogP contribution in [0.3, 0.4) is 0 Å². The molecule has 1 saturated heterocycles. The largest absolute Gasteiger partial charge is 0.366 e. The lowest BCUT2D eigenvalue weighted by Crippen LogP contribution is -2.35. The lowest BCUT2D eigenvalue weighted by molar-refractivity contribution is 0.0953. The summed E-state index contributed by atoms with van der Waals surface area (Å²) in [5.41, 5.74) is 2.91. The molecule has 4 nitrogen and oxygen atoms in total. The van der Waals surface area contributed by atoms with E-state index in [1.165, 1.54) is 5.56 Å². The topological polar surface area (TPSA) is 35.6 Å². The molecular weight excluding hydrogens is 353 g/mol. The molecule has 0 spiro atoms. The lowest BCUT2D eigenvalue weighted by Gasteiger charge is -2.33. The molecule has 1 amide bonds. The summed E-state index contributed by atoms with van der Waals surface area (Å²) in [6.45, 7) is 4.80. The van der Waals surface area contributed by atoms with Crippen molar-refractivity contribution < 1.29 is 9.18 Å². The molecule has 1 heterocycles. The minimum Gasteiger partial charge on any atom is -0.366 e. The molecule has 1 aliphatic rings. The molecule has 0 saturated carbocycles. The Kier molecular flexibility index (Phi) is 7.04. The van der Waals surface area contributed by atoms with Crippen molar-refractivity contribution >= 4 is 11.6 Å². The van der Waals surface area contributed by atoms with Gasteiger partial charge in [0.05, 0.1) is 6.04 Å². The molecule has 1 fully saturated rings. The van der Waals surface area contributed by atoms with Crippen molar-refractivity contribution in [3.63, 3.8) is 0 Å². The standard InChI is InChI=1S/C23H30FN3O/c1-3-14-25-23(28)19-9-11-21(12-10-19)26(2)22(18-7-5-4-6-8-18)17-27-15-13-20(24)16-27/h4-12,20,22H,3,13-17H2,1-2H3,(H,25,28)/t20-,22-/m1/s1. The van der Waals surface area contributed by atoms with Crippen LogP contribution in [0.25, 0.3) is 0 Å². The predicted molar refractivity (Wildman–Crippen MR) is 113 cm³/mol. The Balaban J connectivity index is 1.76. The summed E-state index contributed by atoms with van der Waals surface area (Å²) < 4.78 is 13.7. The highest BCUT2D eigenvalue weighted by molar-refractivity contribution is 5.94. The molecule has 2 aromatic rings. The average Bonchev–Trinajstić information content (AvgIpc) is 3.15. The zero-order chi connectivity index (χ0) is 19.9. The van der Waals surface area contributed by atoms with Crippen molar-refractivity contribution in [1.82, 2.24) is 10.2 Å². The number of likely N-dealkylation sites (N-methyl/N-ethyl adjacent to an activating group) is 1. The molecule has 0 unspecified atom stereocenters. The van der Waals surface area contributed by atoms with Crippen molar-refractivity contribution in [3.8, 4) is 0 Å². The zero-order valence-corrected chi connectivity index (χ0v) is 16.8. The normalized spacial score (nSPS) is 18.0. The fraction of sp³-hybridized carbons (Fsp3) is 0.435. The highest BCUT2D eigenvalue weighted by Gasteiger charge is 2.27. The Morgan fingerprint density at radius 3 is 2.54 bits per heavy atom. The van der Waals surface area contributed by atoms with Gasteiger partial charge in [-0.25, -0.2) is 4.39 Å². The quantitative estimate of drug-likeness (QED) is 0.747. The van der Waals surface area contributed by atoms with E-state index in [9.17, 15) is 9.18 Å². The summed E-state index contributed by atoms with van der Waals surface area (Å²) in [4.78, 5) is 16.6. The second-order valence-electron chi connectivity index (χ2n) is 7.49. The fourth-order valence-electron chi connectivity index (χ4n) is 3.69. The SMILES string of the molecule is CCCNC(=O)c1ccc(N(C)[C@H](CN2CC[C@@H](F)C2)c2ccccc2)cc1. The summed E-state index contributed by atoms with van der Waals surface area (Å²) >= 11 is 0. The summed E-state index contributed by atoms with van der Waals surface area (Å²) in [7, 11) is 2.06. The maximum atomic E-state index is 13.7. The average molecular weight is 384 g/mol. The van der Waals surface area contributed by atoms with Crippen molar-refractivity contribution in [2.45, 2.75) is 32.0 Å². The van der Waals surface area contributed by atoms with E-state index in [2.05, 4.69) is 34.3 Å². The molecule has 0 radical (unpaired) electrons. The number of likely N-dealkylation sites (tertiary alicyclic amines) is 1. The Hall–Kier alpha value is -2.40. The molecule has 28 heavy (non-hydrogen) atoms. The summed E-state index contributed by atoms with van der Waals surface area (Å²) in [5.74, 6) is -0.0401. The van der Waals surface area contributed by atoms with Gasteiger partial charge < -0.3 is 10.2 Å². The number of carbonyl (C=O) groups is 1. The number of benzene rings is 2. The van der Waals surface area contributed by atoms with E-state index < -0.39 is 6.17 Å². The minimum atomic E-state index is -0.720. The van der Waals surface area contributed by atoms with Gasteiger partial charge in [0.2, 0.25) is 0 Å². The number of halogens is 1. The number of hydrogen-bond acceptors (Lipinski definition) is 3. The van der Waals surface area contributed by atoms with Gasteiger partial charge in [-0.2, -0.15) is 0 Å². The third kappa shape index (κ3) is 5.10. The molecule has 0 aromatic heterocycles. The van der Waals surface area contributed by atoms with Gasteiger partial charge in [0.1, 0.15) is 6.17 Å². The van der Waals surface area contributed by atoms with Crippen molar-refractivity contribution in [2.24, 2.45) is 0 Å². The number of nitrogens with one attached hydrogen (secondary N) is 1. The number of carbonyl (C=O) groups excluding carboxylic acids is 1. The number of amides is 1. The van der Waals surface area contributed by atoms with Crippen LogP contribution in [0, 0.1) is 0 Å². The molecule has 0 aliphatic carbocycles. The van der Waals surface area contributed by atoms with Crippen LogP contribution in [-0.2, 0) is 0 Å². The van der Waals surface area contributed by atoms with Crippen LogP contribution in [0.4, 0.5) is 10.1 Å². The Morgan fingerprint density at radius 2 is 1.93 bits per heavy atom. The number of rotatable bonds is 8. The molecule has 1 N–H and O–H groups in total. The number of alkyl halides is 1. The third-order valence-electron chi connectivity index (χ3n) is 5.37. The van der Waals surface area contributed by atoms with Crippen LogP contribution in [0.15, 0.2) is 54.6 Å². The van der Waals surface area contributed by atoms with Crippen molar-refractivity contribution in [3.05, 3.63) is 65.7 Å². The molecule has 2 atom stereocenters. The summed E-state index contributed by atoms with van der Waals surface area (Å²) in [6.07, 6.45) is 0.816. The molecule has 2 aromatic carbocycles. The second kappa shape index (κ2) is 9.69. The number of hydrogen-bond donors (Lipinski definition) is 1. The fourth-order valence-corrected chi connectivity index (χ4v) is 3.69. The van der Waals surface area contributed by atoms with Gasteiger partial charge in [-0.05, 0) is 42.7 Å². The van der Waals surface area contributed by atoms with E-state index in [4.69, 9.17) is 0 Å². The predicted octanol–water partition coefficient (Wildman–Crippen LogP) is 4.05. The first-order chi connectivity index (χ1) is 13.6. The van der Waals surface area contributed by atoms with Crippen LogP contribution < -0.4 is 10.2 Å². The minimum absolute atomic E-state index is 0.0401. The van der Waals surface area contributed by atoms with Crippen LogP contribution in [-0.4, -0.2) is 50.2 Å². The number of nitrogens with zero attached hydrogens (tertiary/aromatic N) is 2. The van der Waals surface area contributed by atoms with Crippen molar-refractivity contribution in [1.29, 1.82) is 0 Å². The van der Waals surface area contributed by atoms with Crippen LogP contribution in [0.1, 0.15) is 41.7 Å². The monoisotopic (exact) mass is 383 g/mol. The van der Waals surface area contributed by atoms with Crippen LogP contribution in [0.2, 0.25) is 0 Å². The van der Waals surface area contributed by atoms with Gasteiger partial charge in [-0.15, -0.1) is 0 Å². The van der Waals surface area contributed by atoms with E-state index in [1.54, 1.807) is 0 Å². The second-order valence-corrected chi connectivity index (χ2v) is 7.49. The summed E-state index contributed by atoms with van der Waals surface area (Å²) in [5, 5.41) is 2.90. The van der Waals surface area contributed by atoms with Gasteiger partial charge in [0, 0.05) is 44.5 Å². The maximum Gasteiger partial charge on any atom is 0.251 e. The van der Waals surface area contributed by atoms with E-state index >= 15 is 0 Å². The zero-order valence-electron chi connectivity index (χ0n) is 16.8. The van der Waals surface area contributed by atoms with E-state index in [-0.39, 0.29) is 11.9 Å². The summed E-state index contributed by atoms with van der Waals surface area (Å²) in [6, 6.07) is 18.2. The first-order valence-corrected chi connectivity index (χ1v) is 10.1. The molecule has 0 bridgehead atoms. The Bertz CT molecular complexity index is 750. The Morgan fingerprint density at radius 1 is 1.21 bits per heavy atom. The van der Waals surface area contributed by atoms with Gasteiger partial charge in [0.25, 0.3) is 5.91 Å². The van der Waals surface area contributed by atoms with Gasteiger partial charge in [0.15, 0.2) is 0 Å². The highest BCUT2D eigenvalue weighted by Crippen LogP contribution is 2.28. The molecule has 150 valence electrons. The smallest absolute Gasteiger partial charge is 0.251 e. The van der Waals surface area contributed by atoms with E-state index in [0.717, 1.165) is 25.2 Å². The van der Waals surface area contributed by atoms with Crippen LogP contribution >= 0.6 is 0 Å². The van der Waals surface area contributed by atoms with Gasteiger partial charge in [-0.3, -0.25) is 9.69 Å². The highest BCUT2D eigenvalue weighted by atomic mass is 19.1. The lowest BCUT2D eigenvalue weighted by atomic mass is 10.0. The third-order valence-corrected chi connectivity index (χ3v) is 5.37. The van der Waals surface area contributed by atoms with Gasteiger partial charge >= 0.3 is 0 Å². The van der Waals surface area contributed by atoms with Crippen molar-refractivity contribution in [2.75, 3.05) is 38.1 Å². The van der Waals surface area contributed by atoms with Gasteiger partial charge in [-0.1, -0.05) is 37.3 Å². The Labute approximate surface area is 167 Å². The van der Waals surface area contributed by atoms with E-state index in [1.807, 2.05) is 49.4 Å². The molecular formula is C23H30FN3O. The number of anilines is 1. The molecule has 3 rings (SSSR count). The first-order valence-electron chi connectivity index (χ1n) is 10.1. The van der Waals surface area contributed by atoms with E-state index in [0.29, 0.717) is 25.1 Å². The molecule has 5 heteroatoms. The first kappa shape index (κ1) is 20.3.